The average molecular weight is 235 g/mol. The number of hydrogen-bond donors (Lipinski definition) is 1. The molecule has 0 aliphatic rings. The van der Waals surface area contributed by atoms with Crippen LogP contribution >= 0.6 is 0 Å². The van der Waals surface area contributed by atoms with Crippen molar-refractivity contribution in [1.82, 2.24) is 15.1 Å². The van der Waals surface area contributed by atoms with Gasteiger partial charge in [0.1, 0.15) is 0 Å². The molecule has 3 nitrogen and oxygen atoms in total. The van der Waals surface area contributed by atoms with Gasteiger partial charge in [-0.15, -0.1) is 0 Å². The van der Waals surface area contributed by atoms with Crippen molar-refractivity contribution in [3.63, 3.8) is 0 Å². The lowest BCUT2D eigenvalue weighted by Gasteiger charge is -2.18. The van der Waals surface area contributed by atoms with E-state index in [2.05, 4.69) is 10.4 Å². The molecule has 0 aromatic carbocycles. The van der Waals surface area contributed by atoms with Gasteiger partial charge in [-0.1, -0.05) is 6.92 Å². The van der Waals surface area contributed by atoms with E-state index in [4.69, 9.17) is 0 Å². The summed E-state index contributed by atoms with van der Waals surface area (Å²) < 4.78 is 38.0. The molecule has 0 spiro atoms. The van der Waals surface area contributed by atoms with Crippen molar-refractivity contribution in [3.8, 4) is 0 Å². The fourth-order valence-electron chi connectivity index (χ4n) is 1.63. The highest BCUT2D eigenvalue weighted by Crippen LogP contribution is 2.27. The quantitative estimate of drug-likeness (QED) is 0.849. The molecule has 1 heterocycles. The van der Waals surface area contributed by atoms with Crippen molar-refractivity contribution in [2.24, 2.45) is 7.05 Å². The molecule has 1 atom stereocenters. The normalized spacial score (nSPS) is 14.1. The van der Waals surface area contributed by atoms with Crippen molar-refractivity contribution < 1.29 is 13.2 Å². The maximum atomic E-state index is 12.1. The molecule has 0 saturated heterocycles. The standard InChI is InChI=1S/C10H16F3N3/c1-3-14-8(4-6-10(11,12)13)9-5-7-15-16(9)2/h5,7-8,14H,3-4,6H2,1-2H3. The molecular formula is C10H16F3N3. The van der Waals surface area contributed by atoms with E-state index in [1.54, 1.807) is 24.0 Å². The van der Waals surface area contributed by atoms with Crippen LogP contribution in [0.5, 0.6) is 0 Å². The Bertz CT molecular complexity index is 319. The van der Waals surface area contributed by atoms with Gasteiger partial charge in [0.15, 0.2) is 0 Å². The lowest BCUT2D eigenvalue weighted by atomic mass is 10.1. The topological polar surface area (TPSA) is 29.9 Å². The van der Waals surface area contributed by atoms with E-state index >= 15 is 0 Å². The fourth-order valence-corrected chi connectivity index (χ4v) is 1.63. The molecule has 1 unspecified atom stereocenters. The van der Waals surface area contributed by atoms with Gasteiger partial charge in [-0.3, -0.25) is 4.68 Å². The van der Waals surface area contributed by atoms with Crippen LogP contribution in [-0.2, 0) is 7.05 Å². The molecule has 1 rings (SSSR count). The van der Waals surface area contributed by atoms with Gasteiger partial charge in [0.25, 0.3) is 0 Å². The third-order valence-electron chi connectivity index (χ3n) is 2.38. The summed E-state index contributed by atoms with van der Waals surface area (Å²) in [5.74, 6) is 0. The van der Waals surface area contributed by atoms with Gasteiger partial charge >= 0.3 is 6.18 Å². The van der Waals surface area contributed by atoms with E-state index in [1.165, 1.54) is 0 Å². The van der Waals surface area contributed by atoms with Crippen LogP contribution in [0.3, 0.4) is 0 Å². The largest absolute Gasteiger partial charge is 0.389 e. The summed E-state index contributed by atoms with van der Waals surface area (Å²) in [7, 11) is 1.73. The molecule has 92 valence electrons. The molecule has 6 heteroatoms. The van der Waals surface area contributed by atoms with E-state index in [9.17, 15) is 13.2 Å². The van der Waals surface area contributed by atoms with Crippen LogP contribution in [0.1, 0.15) is 31.5 Å². The monoisotopic (exact) mass is 235 g/mol. The van der Waals surface area contributed by atoms with Gasteiger partial charge in [0.05, 0.1) is 5.69 Å². The molecular weight excluding hydrogens is 219 g/mol. The van der Waals surface area contributed by atoms with E-state index in [0.717, 1.165) is 5.69 Å². The summed E-state index contributed by atoms with van der Waals surface area (Å²) in [5, 5.41) is 7.00. The molecule has 0 radical (unpaired) electrons. The summed E-state index contributed by atoms with van der Waals surface area (Å²) >= 11 is 0. The molecule has 0 aliphatic heterocycles. The Morgan fingerprint density at radius 3 is 2.62 bits per heavy atom. The van der Waals surface area contributed by atoms with Crippen molar-refractivity contribution in [2.75, 3.05) is 6.54 Å². The maximum absolute atomic E-state index is 12.1. The molecule has 0 amide bonds. The Hall–Kier alpha value is -1.04. The predicted octanol–water partition coefficient (Wildman–Crippen LogP) is 2.41. The summed E-state index contributed by atoms with van der Waals surface area (Å²) in [6.45, 7) is 2.50. The zero-order valence-corrected chi connectivity index (χ0v) is 9.38. The van der Waals surface area contributed by atoms with Crippen LogP contribution in [0, 0.1) is 0 Å². The fraction of sp³-hybridized carbons (Fsp3) is 0.700. The number of rotatable bonds is 5. The minimum Gasteiger partial charge on any atom is -0.309 e. The zero-order valence-electron chi connectivity index (χ0n) is 9.38. The molecule has 1 aromatic heterocycles. The van der Waals surface area contributed by atoms with Crippen LogP contribution in [0.2, 0.25) is 0 Å². The number of aryl methyl sites for hydroxylation is 1. The summed E-state index contributed by atoms with van der Waals surface area (Å²) in [6.07, 6.45) is -3.26. The predicted molar refractivity (Wildman–Crippen MR) is 54.9 cm³/mol. The molecule has 1 aromatic rings. The van der Waals surface area contributed by atoms with Crippen molar-refractivity contribution in [3.05, 3.63) is 18.0 Å². The smallest absolute Gasteiger partial charge is 0.309 e. The van der Waals surface area contributed by atoms with E-state index in [0.29, 0.717) is 6.54 Å². The highest BCUT2D eigenvalue weighted by atomic mass is 19.4. The van der Waals surface area contributed by atoms with E-state index in [-0.39, 0.29) is 12.5 Å². The number of aromatic nitrogens is 2. The second-order valence-corrected chi connectivity index (χ2v) is 3.64. The Morgan fingerprint density at radius 1 is 1.50 bits per heavy atom. The Morgan fingerprint density at radius 2 is 2.19 bits per heavy atom. The molecule has 16 heavy (non-hydrogen) atoms. The minimum atomic E-state index is -4.10. The molecule has 1 N–H and O–H groups in total. The third kappa shape index (κ3) is 3.84. The first-order valence-corrected chi connectivity index (χ1v) is 5.22. The Balaban J connectivity index is 2.65. The van der Waals surface area contributed by atoms with Crippen LogP contribution in [0.4, 0.5) is 13.2 Å². The van der Waals surface area contributed by atoms with Crippen molar-refractivity contribution in [1.29, 1.82) is 0 Å². The number of nitrogens with one attached hydrogen (secondary N) is 1. The van der Waals surface area contributed by atoms with Crippen molar-refractivity contribution >= 4 is 0 Å². The zero-order chi connectivity index (χ0) is 12.2. The number of alkyl halides is 3. The first-order chi connectivity index (χ1) is 7.44. The Labute approximate surface area is 92.6 Å². The lowest BCUT2D eigenvalue weighted by Crippen LogP contribution is -2.25. The minimum absolute atomic E-state index is 0.0386. The summed E-state index contributed by atoms with van der Waals surface area (Å²) in [4.78, 5) is 0. The van der Waals surface area contributed by atoms with Crippen molar-refractivity contribution in [2.45, 2.75) is 32.0 Å². The first kappa shape index (κ1) is 13.0. The van der Waals surface area contributed by atoms with Crippen LogP contribution < -0.4 is 5.32 Å². The molecule has 0 bridgehead atoms. The first-order valence-electron chi connectivity index (χ1n) is 5.22. The second-order valence-electron chi connectivity index (χ2n) is 3.64. The van der Waals surface area contributed by atoms with Crippen LogP contribution in [0.15, 0.2) is 12.3 Å². The number of hydrogen-bond acceptors (Lipinski definition) is 2. The molecule has 0 fully saturated rings. The average Bonchev–Trinajstić information content (AvgIpc) is 2.57. The van der Waals surface area contributed by atoms with Gasteiger partial charge < -0.3 is 5.32 Å². The second kappa shape index (κ2) is 5.34. The van der Waals surface area contributed by atoms with Gasteiger partial charge in [-0.05, 0) is 19.0 Å². The SMILES string of the molecule is CCNC(CCC(F)(F)F)c1ccnn1C. The van der Waals surface area contributed by atoms with Gasteiger partial charge in [-0.2, -0.15) is 18.3 Å². The van der Waals surface area contributed by atoms with Crippen LogP contribution in [0.25, 0.3) is 0 Å². The van der Waals surface area contributed by atoms with Gasteiger partial charge in [0.2, 0.25) is 0 Å². The molecule has 0 aliphatic carbocycles. The van der Waals surface area contributed by atoms with E-state index in [1.807, 2.05) is 6.92 Å². The van der Waals surface area contributed by atoms with Gasteiger partial charge in [0, 0.05) is 25.7 Å². The Kier molecular flexibility index (Phi) is 4.35. The third-order valence-corrected chi connectivity index (χ3v) is 2.38. The number of nitrogens with zero attached hydrogens (tertiary/aromatic N) is 2. The van der Waals surface area contributed by atoms with Gasteiger partial charge in [-0.25, -0.2) is 0 Å². The highest BCUT2D eigenvalue weighted by molar-refractivity contribution is 5.06. The maximum Gasteiger partial charge on any atom is 0.389 e. The van der Waals surface area contributed by atoms with E-state index < -0.39 is 12.6 Å². The van der Waals surface area contributed by atoms with Crippen LogP contribution in [-0.4, -0.2) is 22.5 Å². The highest BCUT2D eigenvalue weighted by Gasteiger charge is 2.29. The molecule has 0 saturated carbocycles. The summed E-state index contributed by atoms with van der Waals surface area (Å²) in [6, 6.07) is 1.45. The number of halogens is 3. The lowest BCUT2D eigenvalue weighted by molar-refractivity contribution is -0.136. The summed E-state index contributed by atoms with van der Waals surface area (Å²) in [5.41, 5.74) is 0.783.